The number of nitrogens with one attached hydrogen (secondary N) is 1. The molecule has 0 bridgehead atoms. The fraction of sp³-hybridized carbons (Fsp3) is 0.458. The number of carbonyl (C=O) groups is 1. The van der Waals surface area contributed by atoms with Crippen molar-refractivity contribution in [1.82, 2.24) is 25.0 Å². The van der Waals surface area contributed by atoms with Gasteiger partial charge in [0.05, 0.1) is 35.5 Å². The van der Waals surface area contributed by atoms with Crippen LogP contribution >= 0.6 is 0 Å². The molecule has 32 heavy (non-hydrogen) atoms. The number of likely N-dealkylation sites (N-methyl/N-ethyl adjacent to an activating group) is 1. The molecule has 2 aromatic heterocycles. The van der Waals surface area contributed by atoms with E-state index in [1.54, 1.807) is 6.20 Å². The van der Waals surface area contributed by atoms with Gasteiger partial charge >= 0.3 is 0 Å². The van der Waals surface area contributed by atoms with E-state index < -0.39 is 0 Å². The molecule has 170 valence electrons. The molecule has 1 amide bonds. The van der Waals surface area contributed by atoms with E-state index in [1.807, 2.05) is 22.9 Å². The van der Waals surface area contributed by atoms with Crippen LogP contribution < -0.4 is 11.1 Å². The first-order valence-electron chi connectivity index (χ1n) is 11.2. The standard InChI is InChI=1S/C24H32N6O2/c1-16(2)30-23-21(13-26-30)20(24(31)27-19-7-10-32-15-19)12-22(28-23)18-6-4-5-17(11-18)14-29(3)9-8-25/h4-6,11-13,16,19H,7-10,14-15,25H2,1-3H3,(H,27,31). The molecule has 3 heterocycles. The van der Waals surface area contributed by atoms with Crippen molar-refractivity contribution in [2.75, 3.05) is 33.4 Å². The van der Waals surface area contributed by atoms with Gasteiger partial charge in [-0.3, -0.25) is 4.79 Å². The molecule has 4 rings (SSSR count). The van der Waals surface area contributed by atoms with E-state index in [0.29, 0.717) is 25.3 Å². The molecule has 1 atom stereocenters. The molecule has 8 heteroatoms. The molecule has 1 saturated heterocycles. The summed E-state index contributed by atoms with van der Waals surface area (Å²) in [5.74, 6) is -0.115. The minimum atomic E-state index is -0.115. The van der Waals surface area contributed by atoms with Gasteiger partial charge < -0.3 is 20.7 Å². The third-order valence-corrected chi connectivity index (χ3v) is 5.75. The van der Waals surface area contributed by atoms with Crippen LogP contribution in [0.2, 0.25) is 0 Å². The van der Waals surface area contributed by atoms with Gasteiger partial charge in [-0.05, 0) is 45.0 Å². The maximum atomic E-state index is 13.2. The van der Waals surface area contributed by atoms with Crippen molar-refractivity contribution in [3.63, 3.8) is 0 Å². The lowest BCUT2D eigenvalue weighted by molar-refractivity contribution is 0.0931. The second-order valence-electron chi connectivity index (χ2n) is 8.74. The van der Waals surface area contributed by atoms with Gasteiger partial charge in [0.1, 0.15) is 0 Å². The first-order chi connectivity index (χ1) is 15.5. The molecule has 1 unspecified atom stereocenters. The Labute approximate surface area is 188 Å². The Morgan fingerprint density at radius 3 is 2.94 bits per heavy atom. The highest BCUT2D eigenvalue weighted by Crippen LogP contribution is 2.27. The van der Waals surface area contributed by atoms with Gasteiger partial charge in [0.2, 0.25) is 0 Å². The molecule has 0 spiro atoms. The molecule has 0 saturated carbocycles. The van der Waals surface area contributed by atoms with Crippen LogP contribution in [-0.2, 0) is 11.3 Å². The van der Waals surface area contributed by atoms with Gasteiger partial charge in [-0.25, -0.2) is 9.67 Å². The summed E-state index contributed by atoms with van der Waals surface area (Å²) >= 11 is 0. The highest BCUT2D eigenvalue weighted by atomic mass is 16.5. The predicted octanol–water partition coefficient (Wildman–Crippen LogP) is 2.59. The maximum absolute atomic E-state index is 13.2. The molecular formula is C24H32N6O2. The van der Waals surface area contributed by atoms with E-state index in [2.05, 4.69) is 48.3 Å². The SMILES string of the molecule is CC(C)n1ncc2c(C(=O)NC3CCOC3)cc(-c3cccc(CN(C)CCN)c3)nc21. The van der Waals surface area contributed by atoms with E-state index in [-0.39, 0.29) is 18.0 Å². The Bertz CT molecular complexity index is 1090. The lowest BCUT2D eigenvalue weighted by Gasteiger charge is -2.16. The Morgan fingerprint density at radius 1 is 1.38 bits per heavy atom. The predicted molar refractivity (Wildman–Crippen MR) is 125 cm³/mol. The van der Waals surface area contributed by atoms with Crippen molar-refractivity contribution in [1.29, 1.82) is 0 Å². The topological polar surface area (TPSA) is 98.3 Å². The van der Waals surface area contributed by atoms with E-state index in [9.17, 15) is 4.79 Å². The van der Waals surface area contributed by atoms with Crippen LogP contribution in [0.5, 0.6) is 0 Å². The number of pyridine rings is 1. The third-order valence-electron chi connectivity index (χ3n) is 5.75. The number of hydrogen-bond acceptors (Lipinski definition) is 6. The lowest BCUT2D eigenvalue weighted by atomic mass is 10.0. The van der Waals surface area contributed by atoms with Crippen LogP contribution in [0.25, 0.3) is 22.3 Å². The Kier molecular flexibility index (Phi) is 6.83. The number of aromatic nitrogens is 3. The zero-order valence-electron chi connectivity index (χ0n) is 19.0. The number of carbonyl (C=O) groups excluding carboxylic acids is 1. The molecule has 0 aliphatic carbocycles. The van der Waals surface area contributed by atoms with Crippen LogP contribution in [0, 0.1) is 0 Å². The molecular weight excluding hydrogens is 404 g/mol. The summed E-state index contributed by atoms with van der Waals surface area (Å²) in [6.07, 6.45) is 2.57. The van der Waals surface area contributed by atoms with Gasteiger partial charge in [0, 0.05) is 37.8 Å². The summed E-state index contributed by atoms with van der Waals surface area (Å²) in [6, 6.07) is 10.3. The fourth-order valence-electron chi connectivity index (χ4n) is 4.08. The minimum absolute atomic E-state index is 0.0377. The number of nitrogens with two attached hydrogens (primary N) is 1. The smallest absolute Gasteiger partial charge is 0.252 e. The van der Waals surface area contributed by atoms with Crippen molar-refractivity contribution in [3.8, 4) is 11.3 Å². The Hall–Kier alpha value is -2.81. The summed E-state index contributed by atoms with van der Waals surface area (Å²) in [4.78, 5) is 20.3. The summed E-state index contributed by atoms with van der Waals surface area (Å²) in [7, 11) is 2.06. The number of fused-ring (bicyclic) bond motifs is 1. The molecule has 1 aromatic carbocycles. The van der Waals surface area contributed by atoms with Crippen LogP contribution in [0.15, 0.2) is 36.5 Å². The van der Waals surface area contributed by atoms with E-state index in [0.717, 1.165) is 41.8 Å². The number of nitrogens with zero attached hydrogens (tertiary/aromatic N) is 4. The fourth-order valence-corrected chi connectivity index (χ4v) is 4.08. The maximum Gasteiger partial charge on any atom is 0.252 e. The quantitative estimate of drug-likeness (QED) is 0.563. The van der Waals surface area contributed by atoms with Crippen molar-refractivity contribution in [2.24, 2.45) is 5.73 Å². The Morgan fingerprint density at radius 2 is 2.22 bits per heavy atom. The van der Waals surface area contributed by atoms with Crippen LogP contribution in [-0.4, -0.2) is 65.0 Å². The van der Waals surface area contributed by atoms with Gasteiger partial charge in [0.25, 0.3) is 5.91 Å². The molecule has 3 N–H and O–H groups in total. The summed E-state index contributed by atoms with van der Waals surface area (Å²) in [5.41, 5.74) is 9.90. The van der Waals surface area contributed by atoms with Crippen molar-refractivity contribution in [2.45, 2.75) is 38.9 Å². The van der Waals surface area contributed by atoms with Gasteiger partial charge in [-0.2, -0.15) is 5.10 Å². The normalized spacial score (nSPS) is 16.4. The van der Waals surface area contributed by atoms with Gasteiger partial charge in [-0.15, -0.1) is 0 Å². The van der Waals surface area contributed by atoms with Crippen LogP contribution in [0.1, 0.15) is 42.2 Å². The second kappa shape index (κ2) is 9.77. The highest BCUT2D eigenvalue weighted by molar-refractivity contribution is 6.06. The largest absolute Gasteiger partial charge is 0.379 e. The summed E-state index contributed by atoms with van der Waals surface area (Å²) in [5, 5.41) is 8.38. The van der Waals surface area contributed by atoms with Crippen molar-refractivity contribution in [3.05, 3.63) is 47.7 Å². The number of rotatable bonds is 8. The molecule has 1 aliphatic heterocycles. The zero-order chi connectivity index (χ0) is 22.7. The second-order valence-corrected chi connectivity index (χ2v) is 8.74. The first kappa shape index (κ1) is 22.4. The van der Waals surface area contributed by atoms with E-state index >= 15 is 0 Å². The molecule has 0 radical (unpaired) electrons. The number of ether oxygens (including phenoxy) is 1. The molecule has 8 nitrogen and oxygen atoms in total. The van der Waals surface area contributed by atoms with Gasteiger partial charge in [0.15, 0.2) is 5.65 Å². The number of benzene rings is 1. The zero-order valence-corrected chi connectivity index (χ0v) is 19.0. The molecule has 1 fully saturated rings. The molecule has 1 aliphatic rings. The highest BCUT2D eigenvalue weighted by Gasteiger charge is 2.23. The van der Waals surface area contributed by atoms with Crippen LogP contribution in [0.3, 0.4) is 0 Å². The summed E-state index contributed by atoms with van der Waals surface area (Å²) < 4.78 is 7.28. The Balaban J connectivity index is 1.74. The van der Waals surface area contributed by atoms with Crippen molar-refractivity contribution < 1.29 is 9.53 Å². The van der Waals surface area contributed by atoms with E-state index in [1.165, 1.54) is 5.56 Å². The first-order valence-corrected chi connectivity index (χ1v) is 11.2. The number of amides is 1. The average molecular weight is 437 g/mol. The minimum Gasteiger partial charge on any atom is -0.379 e. The monoisotopic (exact) mass is 436 g/mol. The molecule has 3 aromatic rings. The van der Waals surface area contributed by atoms with E-state index in [4.69, 9.17) is 15.5 Å². The average Bonchev–Trinajstić information content (AvgIpc) is 3.43. The van der Waals surface area contributed by atoms with Crippen molar-refractivity contribution >= 4 is 16.9 Å². The van der Waals surface area contributed by atoms with Crippen LogP contribution in [0.4, 0.5) is 0 Å². The summed E-state index contributed by atoms with van der Waals surface area (Å²) in [6.45, 7) is 7.60. The lowest BCUT2D eigenvalue weighted by Crippen LogP contribution is -2.35. The van der Waals surface area contributed by atoms with Gasteiger partial charge in [-0.1, -0.05) is 18.2 Å². The third kappa shape index (κ3) is 4.82. The number of hydrogen-bond donors (Lipinski definition) is 2.